The van der Waals surface area contributed by atoms with Gasteiger partial charge in [0.25, 0.3) is 5.91 Å². The molecule has 0 aliphatic heterocycles. The van der Waals surface area contributed by atoms with Gasteiger partial charge in [-0.05, 0) is 0 Å². The Balaban J connectivity index is 3.84. The summed E-state index contributed by atoms with van der Waals surface area (Å²) in [5.74, 6) is -2.68. The maximum absolute atomic E-state index is 10.1. The molecule has 4 nitrogen and oxygen atoms in total. The molecule has 1 amide bonds. The summed E-state index contributed by atoms with van der Waals surface area (Å²) in [5, 5.41) is 9.64. The van der Waals surface area contributed by atoms with E-state index in [0.717, 1.165) is 4.90 Å². The highest BCUT2D eigenvalue weighted by atomic mass is 16.4. The molecule has 0 saturated heterocycles. The standard InChI is InChI=1S/C4H7NO3/c1-5(2)3(6)4(7)8/h1-2H3,(H,7,8)/p-1. The van der Waals surface area contributed by atoms with Crippen LogP contribution in [0.5, 0.6) is 0 Å². The molecule has 8 heavy (non-hydrogen) atoms. The molecule has 0 aromatic carbocycles. The van der Waals surface area contributed by atoms with Gasteiger partial charge < -0.3 is 14.8 Å². The lowest BCUT2D eigenvalue weighted by atomic mass is 10.6. The Kier molecular flexibility index (Phi) is 1.99. The average molecular weight is 116 g/mol. The Labute approximate surface area is 46.7 Å². The summed E-state index contributed by atoms with van der Waals surface area (Å²) < 4.78 is 0. The molecule has 0 saturated carbocycles. The van der Waals surface area contributed by atoms with Crippen LogP contribution in [0.4, 0.5) is 0 Å². The van der Waals surface area contributed by atoms with Crippen molar-refractivity contribution in [1.82, 2.24) is 4.90 Å². The summed E-state index contributed by atoms with van der Waals surface area (Å²) in [6.45, 7) is 0. The van der Waals surface area contributed by atoms with Crippen LogP contribution in [-0.2, 0) is 9.59 Å². The van der Waals surface area contributed by atoms with Gasteiger partial charge in [-0.2, -0.15) is 0 Å². The molecular formula is C4H6NO3-. The zero-order valence-electron chi connectivity index (χ0n) is 4.67. The number of carboxylic acids is 1. The molecular weight excluding hydrogens is 110 g/mol. The molecule has 0 spiro atoms. The Morgan fingerprint density at radius 1 is 1.38 bits per heavy atom. The molecule has 0 bridgehead atoms. The van der Waals surface area contributed by atoms with Crippen molar-refractivity contribution < 1.29 is 14.7 Å². The number of carboxylic acid groups (broad SMARTS) is 1. The van der Waals surface area contributed by atoms with Gasteiger partial charge in [-0.3, -0.25) is 4.79 Å². The van der Waals surface area contributed by atoms with Crippen molar-refractivity contribution in [1.29, 1.82) is 0 Å². The number of carbonyl (C=O) groups excluding carboxylic acids is 2. The summed E-state index contributed by atoms with van der Waals surface area (Å²) in [4.78, 5) is 20.7. The van der Waals surface area contributed by atoms with Crippen LogP contribution in [0.1, 0.15) is 0 Å². The van der Waals surface area contributed by atoms with Gasteiger partial charge in [0, 0.05) is 14.1 Å². The van der Waals surface area contributed by atoms with Crippen LogP contribution in [0.2, 0.25) is 0 Å². The number of amides is 1. The molecule has 4 heteroatoms. The van der Waals surface area contributed by atoms with Gasteiger partial charge in [-0.15, -0.1) is 0 Å². The van der Waals surface area contributed by atoms with Gasteiger partial charge in [0.05, 0.1) is 0 Å². The molecule has 0 aromatic heterocycles. The normalized spacial score (nSPS) is 8.25. The topological polar surface area (TPSA) is 60.4 Å². The van der Waals surface area contributed by atoms with E-state index in [1.807, 2.05) is 0 Å². The molecule has 0 radical (unpaired) electrons. The maximum Gasteiger partial charge on any atom is 0.269 e. The van der Waals surface area contributed by atoms with E-state index < -0.39 is 11.9 Å². The quantitative estimate of drug-likeness (QED) is 0.338. The number of hydrogen-bond acceptors (Lipinski definition) is 3. The van der Waals surface area contributed by atoms with Crippen LogP contribution < -0.4 is 5.11 Å². The number of hydrogen-bond donors (Lipinski definition) is 0. The number of nitrogens with zero attached hydrogens (tertiary/aromatic N) is 1. The highest BCUT2D eigenvalue weighted by molar-refractivity contribution is 6.30. The van der Waals surface area contributed by atoms with E-state index in [4.69, 9.17) is 0 Å². The number of rotatable bonds is 0. The monoisotopic (exact) mass is 116 g/mol. The molecule has 0 aliphatic carbocycles. The Morgan fingerprint density at radius 2 is 1.75 bits per heavy atom. The summed E-state index contributed by atoms with van der Waals surface area (Å²) in [5.41, 5.74) is 0. The predicted molar refractivity (Wildman–Crippen MR) is 23.7 cm³/mol. The fourth-order valence-electron chi connectivity index (χ4n) is 0.183. The third-order valence-corrected chi connectivity index (χ3v) is 0.581. The third-order valence-electron chi connectivity index (χ3n) is 0.581. The van der Waals surface area contributed by atoms with Gasteiger partial charge in [0.15, 0.2) is 0 Å². The zero-order chi connectivity index (χ0) is 6.73. The summed E-state index contributed by atoms with van der Waals surface area (Å²) in [7, 11) is 2.69. The highest BCUT2D eigenvalue weighted by Gasteiger charge is 2.01. The summed E-state index contributed by atoms with van der Waals surface area (Å²) in [6, 6.07) is 0. The van der Waals surface area contributed by atoms with E-state index in [2.05, 4.69) is 0 Å². The van der Waals surface area contributed by atoms with Crippen molar-refractivity contribution in [2.75, 3.05) is 14.1 Å². The van der Waals surface area contributed by atoms with Crippen LogP contribution in [0.15, 0.2) is 0 Å². The van der Waals surface area contributed by atoms with Gasteiger partial charge in [0.1, 0.15) is 5.97 Å². The maximum atomic E-state index is 10.1. The van der Waals surface area contributed by atoms with Crippen molar-refractivity contribution in [2.24, 2.45) is 0 Å². The van der Waals surface area contributed by atoms with Crippen LogP contribution in [-0.4, -0.2) is 30.9 Å². The first-order chi connectivity index (χ1) is 3.55. The fourth-order valence-corrected chi connectivity index (χ4v) is 0.183. The van der Waals surface area contributed by atoms with Crippen molar-refractivity contribution in [2.45, 2.75) is 0 Å². The molecule has 0 heterocycles. The minimum atomic E-state index is -1.67. The van der Waals surface area contributed by atoms with Crippen LogP contribution in [0.3, 0.4) is 0 Å². The molecule has 0 N–H and O–H groups in total. The second-order valence-electron chi connectivity index (χ2n) is 1.49. The van der Waals surface area contributed by atoms with Crippen molar-refractivity contribution in [3.8, 4) is 0 Å². The highest BCUT2D eigenvalue weighted by Crippen LogP contribution is 1.72. The molecule has 0 aromatic rings. The fraction of sp³-hybridized carbons (Fsp3) is 0.500. The molecule has 0 rings (SSSR count). The van der Waals surface area contributed by atoms with E-state index in [1.54, 1.807) is 0 Å². The van der Waals surface area contributed by atoms with Gasteiger partial charge in [0.2, 0.25) is 0 Å². The molecule has 0 unspecified atom stereocenters. The largest absolute Gasteiger partial charge is 0.540 e. The first-order valence-corrected chi connectivity index (χ1v) is 1.98. The average Bonchev–Trinajstić information content (AvgIpc) is 1.64. The number of aliphatic carboxylic acids is 1. The minimum Gasteiger partial charge on any atom is -0.540 e. The third kappa shape index (κ3) is 1.59. The van der Waals surface area contributed by atoms with Gasteiger partial charge >= 0.3 is 0 Å². The first-order valence-electron chi connectivity index (χ1n) is 1.98. The van der Waals surface area contributed by atoms with Crippen molar-refractivity contribution in [3.63, 3.8) is 0 Å². The van der Waals surface area contributed by atoms with Crippen LogP contribution in [0, 0.1) is 0 Å². The summed E-state index contributed by atoms with van der Waals surface area (Å²) in [6.07, 6.45) is 0. The molecule has 0 fully saturated rings. The number of likely N-dealkylation sites (N-methyl/N-ethyl adjacent to an activating group) is 1. The van der Waals surface area contributed by atoms with E-state index in [9.17, 15) is 14.7 Å². The predicted octanol–water partition coefficient (Wildman–Crippen LogP) is -2.18. The zero-order valence-corrected chi connectivity index (χ0v) is 4.67. The van der Waals surface area contributed by atoms with E-state index in [1.165, 1.54) is 14.1 Å². The van der Waals surface area contributed by atoms with Crippen LogP contribution in [0.25, 0.3) is 0 Å². The lowest BCUT2D eigenvalue weighted by Crippen LogP contribution is -2.40. The lowest BCUT2D eigenvalue weighted by molar-refractivity contribution is -0.301. The van der Waals surface area contributed by atoms with Crippen molar-refractivity contribution in [3.05, 3.63) is 0 Å². The second-order valence-corrected chi connectivity index (χ2v) is 1.49. The van der Waals surface area contributed by atoms with Gasteiger partial charge in [-0.1, -0.05) is 0 Å². The van der Waals surface area contributed by atoms with Gasteiger partial charge in [-0.25, -0.2) is 0 Å². The summed E-state index contributed by atoms with van der Waals surface area (Å²) >= 11 is 0. The Bertz CT molecular complexity index is 118. The number of carbonyl (C=O) groups is 2. The van der Waals surface area contributed by atoms with E-state index >= 15 is 0 Å². The molecule has 0 aliphatic rings. The smallest absolute Gasteiger partial charge is 0.269 e. The van der Waals surface area contributed by atoms with E-state index in [0.29, 0.717) is 0 Å². The molecule has 46 valence electrons. The minimum absolute atomic E-state index is 0.940. The molecule has 0 atom stereocenters. The SMILES string of the molecule is CN(C)C(=O)C(=O)[O-]. The Morgan fingerprint density at radius 3 is 1.75 bits per heavy atom. The second kappa shape index (κ2) is 2.30. The Hall–Kier alpha value is -1.06. The lowest BCUT2D eigenvalue weighted by Gasteiger charge is -2.08. The van der Waals surface area contributed by atoms with Crippen molar-refractivity contribution >= 4 is 11.9 Å². The van der Waals surface area contributed by atoms with Crippen LogP contribution >= 0.6 is 0 Å². The van der Waals surface area contributed by atoms with E-state index in [-0.39, 0.29) is 0 Å². The first kappa shape index (κ1) is 6.94.